The quantitative estimate of drug-likeness (QED) is 0.526. The second-order valence-corrected chi connectivity index (χ2v) is 5.31. The van der Waals surface area contributed by atoms with Crippen LogP contribution in [0.4, 0.5) is 4.79 Å². The number of carbonyl (C=O) groups excluding carboxylic acids is 1. The molecule has 1 aliphatic heterocycles. The maximum atomic E-state index is 12.0. The van der Waals surface area contributed by atoms with E-state index in [-0.39, 0.29) is 12.1 Å². The second kappa shape index (κ2) is 8.17. The molecule has 0 saturated carbocycles. The molecule has 1 aliphatic rings. The van der Waals surface area contributed by atoms with Gasteiger partial charge in [-0.15, -0.1) is 0 Å². The van der Waals surface area contributed by atoms with Gasteiger partial charge in [-0.3, -0.25) is 4.99 Å². The highest BCUT2D eigenvalue weighted by molar-refractivity contribution is 6.29. The van der Waals surface area contributed by atoms with Gasteiger partial charge < -0.3 is 15.5 Å². The molecule has 1 amide bonds. The third-order valence-electron chi connectivity index (χ3n) is 3.60. The molecule has 22 heavy (non-hydrogen) atoms. The lowest BCUT2D eigenvalue weighted by atomic mass is 10.1. The minimum absolute atomic E-state index is 0.217. The van der Waals surface area contributed by atoms with Crippen LogP contribution in [0, 0.1) is 0 Å². The molecule has 0 spiro atoms. The van der Waals surface area contributed by atoms with Gasteiger partial charge in [-0.25, -0.2) is 4.79 Å². The summed E-state index contributed by atoms with van der Waals surface area (Å²) in [6, 6.07) is 9.90. The van der Waals surface area contributed by atoms with Crippen LogP contribution in [0.3, 0.4) is 0 Å². The Morgan fingerprint density at radius 3 is 2.68 bits per heavy atom. The Balaban J connectivity index is 1.74. The molecule has 1 fully saturated rings. The Morgan fingerprint density at radius 1 is 1.36 bits per heavy atom. The third kappa shape index (κ3) is 4.87. The monoisotopic (exact) mass is 302 g/mol. The molecular formula is C16H22N4O2. The van der Waals surface area contributed by atoms with Crippen molar-refractivity contribution < 1.29 is 9.53 Å². The molecule has 0 atom stereocenters. The summed E-state index contributed by atoms with van der Waals surface area (Å²) in [5, 5.41) is 3.55. The van der Waals surface area contributed by atoms with E-state index in [4.69, 9.17) is 10.6 Å². The molecule has 2 rings (SSSR count). The fourth-order valence-electron chi connectivity index (χ4n) is 2.25. The number of nitrogens with two attached hydrogens (primary N) is 1. The molecule has 118 valence electrons. The molecule has 0 radical (unpaired) electrons. The van der Waals surface area contributed by atoms with Crippen LogP contribution in [0.5, 0.6) is 0 Å². The van der Waals surface area contributed by atoms with Crippen molar-refractivity contribution in [3.63, 3.8) is 0 Å². The Morgan fingerprint density at radius 2 is 2.05 bits per heavy atom. The van der Waals surface area contributed by atoms with E-state index in [1.54, 1.807) is 18.0 Å². The zero-order valence-corrected chi connectivity index (χ0v) is 12.8. The fourth-order valence-corrected chi connectivity index (χ4v) is 2.25. The average molecular weight is 302 g/mol. The van der Waals surface area contributed by atoms with Gasteiger partial charge in [0.15, 0.2) is 0 Å². The number of likely N-dealkylation sites (tertiary alicyclic amines) is 1. The van der Waals surface area contributed by atoms with Crippen molar-refractivity contribution in [1.82, 2.24) is 4.90 Å². The van der Waals surface area contributed by atoms with Gasteiger partial charge >= 0.3 is 6.09 Å². The molecule has 1 aromatic rings. The van der Waals surface area contributed by atoms with Crippen molar-refractivity contribution in [2.24, 2.45) is 15.9 Å². The summed E-state index contributed by atoms with van der Waals surface area (Å²) in [6.07, 6.45) is 3.09. The summed E-state index contributed by atoms with van der Waals surface area (Å²) in [6.45, 7) is 3.44. The SMILES string of the molecule is CC(C=NC1CCN(C(=O)OCc2ccccc2)CC1)=NN. The standard InChI is InChI=1S/C16H22N4O2/c1-13(19-17)11-18-15-7-9-20(10-8-15)16(21)22-12-14-5-3-2-4-6-14/h2-6,11,15H,7-10,12,17H2,1H3. The maximum absolute atomic E-state index is 12.0. The highest BCUT2D eigenvalue weighted by Gasteiger charge is 2.23. The molecule has 0 bridgehead atoms. The van der Waals surface area contributed by atoms with E-state index in [9.17, 15) is 4.79 Å². The number of ether oxygens (including phenoxy) is 1. The highest BCUT2D eigenvalue weighted by Crippen LogP contribution is 2.15. The van der Waals surface area contributed by atoms with E-state index >= 15 is 0 Å². The first kappa shape index (κ1) is 16.0. The lowest BCUT2D eigenvalue weighted by Crippen LogP contribution is -2.40. The van der Waals surface area contributed by atoms with Gasteiger partial charge in [-0.2, -0.15) is 5.10 Å². The lowest BCUT2D eigenvalue weighted by Gasteiger charge is -2.29. The smallest absolute Gasteiger partial charge is 0.410 e. The predicted molar refractivity (Wildman–Crippen MR) is 87.0 cm³/mol. The van der Waals surface area contributed by atoms with E-state index in [2.05, 4.69) is 10.1 Å². The molecule has 0 unspecified atom stereocenters. The number of benzene rings is 1. The molecule has 2 N–H and O–H groups in total. The number of hydrogen-bond donors (Lipinski definition) is 1. The normalized spacial score (nSPS) is 17.0. The first-order valence-electron chi connectivity index (χ1n) is 7.42. The predicted octanol–water partition coefficient (Wildman–Crippen LogP) is 2.19. The van der Waals surface area contributed by atoms with E-state index in [0.29, 0.717) is 25.4 Å². The second-order valence-electron chi connectivity index (χ2n) is 5.31. The van der Waals surface area contributed by atoms with E-state index in [1.807, 2.05) is 30.3 Å². The number of aliphatic imine (C=N–C) groups is 1. The van der Waals surface area contributed by atoms with Crippen LogP contribution in [0.25, 0.3) is 0 Å². The number of nitrogens with zero attached hydrogens (tertiary/aromatic N) is 3. The molecule has 1 aromatic carbocycles. The Bertz CT molecular complexity index is 534. The topological polar surface area (TPSA) is 80.3 Å². The third-order valence-corrected chi connectivity index (χ3v) is 3.60. The minimum Gasteiger partial charge on any atom is -0.445 e. The first-order chi connectivity index (χ1) is 10.7. The number of hydrogen-bond acceptors (Lipinski definition) is 5. The van der Waals surface area contributed by atoms with Gasteiger partial charge in [0.1, 0.15) is 6.61 Å². The summed E-state index contributed by atoms with van der Waals surface area (Å²) in [7, 11) is 0. The van der Waals surface area contributed by atoms with Gasteiger partial charge in [-0.05, 0) is 25.3 Å². The number of hydrazone groups is 1. The molecule has 0 aromatic heterocycles. The molecule has 0 aliphatic carbocycles. The van der Waals surface area contributed by atoms with Crippen molar-refractivity contribution in [3.05, 3.63) is 35.9 Å². The summed E-state index contributed by atoms with van der Waals surface area (Å²) in [5.74, 6) is 5.16. The zero-order valence-electron chi connectivity index (χ0n) is 12.8. The number of carbonyl (C=O) groups is 1. The van der Waals surface area contributed by atoms with Crippen molar-refractivity contribution in [1.29, 1.82) is 0 Å². The first-order valence-corrected chi connectivity index (χ1v) is 7.42. The Hall–Kier alpha value is -2.37. The lowest BCUT2D eigenvalue weighted by molar-refractivity contribution is 0.0875. The number of amides is 1. The van der Waals surface area contributed by atoms with Crippen molar-refractivity contribution >= 4 is 18.0 Å². The molecule has 6 heteroatoms. The zero-order chi connectivity index (χ0) is 15.8. The van der Waals surface area contributed by atoms with Crippen LogP contribution in [0.1, 0.15) is 25.3 Å². The van der Waals surface area contributed by atoms with E-state index in [1.165, 1.54) is 0 Å². The Labute approximate surface area is 130 Å². The van der Waals surface area contributed by atoms with Gasteiger partial charge in [0.05, 0.1) is 11.8 Å². The minimum atomic E-state index is -0.258. The summed E-state index contributed by atoms with van der Waals surface area (Å²) in [5.41, 5.74) is 1.69. The van der Waals surface area contributed by atoms with Crippen molar-refractivity contribution in [2.45, 2.75) is 32.4 Å². The summed E-state index contributed by atoms with van der Waals surface area (Å²) >= 11 is 0. The molecule has 1 saturated heterocycles. The van der Waals surface area contributed by atoms with Crippen LogP contribution < -0.4 is 5.84 Å². The van der Waals surface area contributed by atoms with Gasteiger partial charge in [0.2, 0.25) is 0 Å². The van der Waals surface area contributed by atoms with Gasteiger partial charge in [0.25, 0.3) is 0 Å². The molecule has 1 heterocycles. The molecule has 6 nitrogen and oxygen atoms in total. The van der Waals surface area contributed by atoms with Crippen LogP contribution in [0.2, 0.25) is 0 Å². The maximum Gasteiger partial charge on any atom is 0.410 e. The van der Waals surface area contributed by atoms with Crippen LogP contribution in [-0.4, -0.2) is 42.1 Å². The largest absolute Gasteiger partial charge is 0.445 e. The van der Waals surface area contributed by atoms with Gasteiger partial charge in [-0.1, -0.05) is 30.3 Å². The van der Waals surface area contributed by atoms with Crippen molar-refractivity contribution in [3.8, 4) is 0 Å². The highest BCUT2D eigenvalue weighted by atomic mass is 16.6. The van der Waals surface area contributed by atoms with E-state index < -0.39 is 0 Å². The van der Waals surface area contributed by atoms with Crippen LogP contribution >= 0.6 is 0 Å². The summed E-state index contributed by atoms with van der Waals surface area (Å²) in [4.78, 5) is 18.2. The average Bonchev–Trinajstić information content (AvgIpc) is 2.59. The number of rotatable bonds is 4. The fraction of sp³-hybridized carbons (Fsp3) is 0.438. The van der Waals surface area contributed by atoms with E-state index in [0.717, 1.165) is 18.4 Å². The molecular weight excluding hydrogens is 280 g/mol. The number of piperidine rings is 1. The Kier molecular flexibility index (Phi) is 5.94. The van der Waals surface area contributed by atoms with Crippen LogP contribution in [0.15, 0.2) is 40.4 Å². The van der Waals surface area contributed by atoms with Crippen LogP contribution in [-0.2, 0) is 11.3 Å². The summed E-state index contributed by atoms with van der Waals surface area (Å²) < 4.78 is 5.33. The van der Waals surface area contributed by atoms with Crippen molar-refractivity contribution in [2.75, 3.05) is 13.1 Å². The van der Waals surface area contributed by atoms with Gasteiger partial charge in [0, 0.05) is 19.3 Å².